The lowest BCUT2D eigenvalue weighted by atomic mass is 10.2. The first-order valence-electron chi connectivity index (χ1n) is 16.3. The number of nitrogens with zero attached hydrogens (tertiary/aromatic N) is 5. The fourth-order valence-corrected chi connectivity index (χ4v) is 3.81. The highest BCUT2D eigenvalue weighted by atomic mass is 19.4. The van der Waals surface area contributed by atoms with Crippen LogP contribution in [0.1, 0.15) is 65.2 Å². The van der Waals surface area contributed by atoms with Gasteiger partial charge in [0.05, 0.1) is 25.5 Å². The second-order valence-corrected chi connectivity index (χ2v) is 10.8. The molecule has 0 aliphatic carbocycles. The van der Waals surface area contributed by atoms with Gasteiger partial charge in [0, 0.05) is 23.9 Å². The Bertz CT molecular complexity index is 1310. The highest BCUT2D eigenvalue weighted by molar-refractivity contribution is 5.74. The van der Waals surface area contributed by atoms with E-state index < -0.39 is 36.4 Å². The van der Waals surface area contributed by atoms with Crippen molar-refractivity contribution in [2.45, 2.75) is 96.8 Å². The number of carbonyl (C=O) groups is 3. The lowest BCUT2D eigenvalue weighted by Gasteiger charge is -2.24. The number of carbonyl (C=O) groups excluding carboxylic acids is 3. The number of carboxylic acid groups (broad SMARTS) is 2. The van der Waals surface area contributed by atoms with E-state index in [1.165, 1.54) is 44.2 Å². The van der Waals surface area contributed by atoms with E-state index in [0.717, 1.165) is 50.7 Å². The van der Waals surface area contributed by atoms with Gasteiger partial charge >= 0.3 is 30.4 Å². The number of halogens is 9. The number of hydrogen-bond acceptors (Lipinski definition) is 12. The van der Waals surface area contributed by atoms with Crippen molar-refractivity contribution in [3.63, 3.8) is 0 Å². The lowest BCUT2D eigenvalue weighted by molar-refractivity contribution is -0.684. The molecule has 14 nitrogen and oxygen atoms in total. The van der Waals surface area contributed by atoms with Crippen LogP contribution in [0.5, 0.6) is 0 Å². The van der Waals surface area contributed by atoms with Crippen molar-refractivity contribution < 1.29 is 78.8 Å². The molecule has 0 saturated carbocycles. The summed E-state index contributed by atoms with van der Waals surface area (Å²) in [5, 5.41) is 33.9. The number of alkyl halides is 9. The van der Waals surface area contributed by atoms with Gasteiger partial charge in [-0.05, 0) is 63.0 Å². The molecule has 1 heterocycles. The van der Waals surface area contributed by atoms with Gasteiger partial charge in [0.2, 0.25) is 0 Å². The summed E-state index contributed by atoms with van der Waals surface area (Å²) in [4.78, 5) is 31.5. The fourth-order valence-electron chi connectivity index (χ4n) is 3.81. The van der Waals surface area contributed by atoms with Gasteiger partial charge in [0.15, 0.2) is 0 Å². The highest BCUT2D eigenvalue weighted by Crippen LogP contribution is 2.23. The van der Waals surface area contributed by atoms with E-state index in [1.54, 1.807) is 0 Å². The van der Waals surface area contributed by atoms with Gasteiger partial charge in [0.25, 0.3) is 0 Å². The van der Waals surface area contributed by atoms with Gasteiger partial charge in [0.1, 0.15) is 17.6 Å². The Morgan fingerprint density at radius 1 is 0.778 bits per heavy atom. The second-order valence-electron chi connectivity index (χ2n) is 10.8. The smallest absolute Gasteiger partial charge is 0.494 e. The van der Waals surface area contributed by atoms with Gasteiger partial charge < -0.3 is 36.2 Å². The minimum absolute atomic E-state index is 0.696. The molecule has 2 rings (SSSR count). The average molecular weight is 799 g/mol. The number of benzene rings is 1. The molecule has 5 N–H and O–H groups in total. The van der Waals surface area contributed by atoms with Gasteiger partial charge in [-0.25, -0.2) is 13.9 Å². The van der Waals surface area contributed by atoms with Crippen LogP contribution in [0, 0.1) is 0 Å². The van der Waals surface area contributed by atoms with E-state index in [1.807, 2.05) is 12.1 Å². The van der Waals surface area contributed by atoms with Crippen molar-refractivity contribution in [3.8, 4) is 0 Å². The number of carboxylic acids is 2. The van der Waals surface area contributed by atoms with Gasteiger partial charge in [-0.2, -0.15) is 44.8 Å². The fraction of sp³-hybridized carbons (Fsp3) is 0.613. The molecule has 0 aliphatic heterocycles. The number of imidazole rings is 1. The van der Waals surface area contributed by atoms with Crippen LogP contribution in [0.15, 0.2) is 46.9 Å². The maximum Gasteiger partial charge on any atom is 0.494 e. The first-order chi connectivity index (χ1) is 25.1. The van der Waals surface area contributed by atoms with Crippen molar-refractivity contribution in [1.82, 2.24) is 4.57 Å². The number of azo groups is 1. The van der Waals surface area contributed by atoms with Crippen molar-refractivity contribution in [3.05, 3.63) is 36.7 Å². The quantitative estimate of drug-likeness (QED) is 0.0517. The Kier molecular flexibility index (Phi) is 25.9. The molecular weight excluding hydrogens is 753 g/mol. The third-order valence-electron chi connectivity index (χ3n) is 6.46. The summed E-state index contributed by atoms with van der Waals surface area (Å²) >= 11 is 0. The van der Waals surface area contributed by atoms with Crippen LogP contribution in [-0.4, -0.2) is 72.4 Å². The molecule has 0 spiro atoms. The minimum atomic E-state index is -5.19. The van der Waals surface area contributed by atoms with Crippen LogP contribution in [0.3, 0.4) is 0 Å². The predicted octanol–water partition coefficient (Wildman–Crippen LogP) is 4.24. The largest absolute Gasteiger partial charge is 0.542 e. The van der Waals surface area contributed by atoms with Crippen molar-refractivity contribution in [2.75, 3.05) is 31.1 Å². The highest BCUT2D eigenvalue weighted by Gasteiger charge is 2.41. The Hall–Kier alpha value is -4.51. The van der Waals surface area contributed by atoms with E-state index in [0.29, 0.717) is 13.1 Å². The van der Waals surface area contributed by atoms with Gasteiger partial charge in [-0.15, -0.1) is 0 Å². The van der Waals surface area contributed by atoms with Crippen molar-refractivity contribution in [2.24, 2.45) is 21.7 Å². The molecule has 0 atom stereocenters. The maximum absolute atomic E-state index is 10.8. The number of aromatic nitrogens is 2. The van der Waals surface area contributed by atoms with E-state index in [2.05, 4.69) is 67.5 Å². The second kappa shape index (κ2) is 27.1. The zero-order valence-corrected chi connectivity index (χ0v) is 29.6. The molecule has 1 aromatic heterocycles. The number of aryl methyl sites for hydroxylation is 2. The summed E-state index contributed by atoms with van der Waals surface area (Å²) in [5.41, 5.74) is 13.5. The first-order valence-corrected chi connectivity index (χ1v) is 16.3. The lowest BCUT2D eigenvalue weighted by Crippen LogP contribution is -2.37. The number of rotatable bonds is 17. The Morgan fingerprint density at radius 3 is 1.61 bits per heavy atom. The van der Waals surface area contributed by atoms with Crippen LogP contribution in [0.25, 0.3) is 0 Å². The molecule has 1 aromatic carbocycles. The number of hydrogen-bond donors (Lipinski definition) is 3. The number of anilines is 1. The first kappa shape index (κ1) is 51.6. The summed E-state index contributed by atoms with van der Waals surface area (Å²) in [5.74, 6) is -7.69. The minimum Gasteiger partial charge on any atom is -0.542 e. The van der Waals surface area contributed by atoms with Crippen LogP contribution in [0.2, 0.25) is 0 Å². The molecule has 0 amide bonds. The average Bonchev–Trinajstić information content (AvgIpc) is 3.48. The van der Waals surface area contributed by atoms with Crippen molar-refractivity contribution in [1.29, 1.82) is 0 Å². The van der Waals surface area contributed by atoms with Crippen LogP contribution >= 0.6 is 0 Å². The number of nitrogens with two attached hydrogens (primary N) is 2. The molecule has 54 heavy (non-hydrogen) atoms. The molecule has 0 radical (unpaired) electrons. The molecule has 310 valence electrons. The summed E-state index contributed by atoms with van der Waals surface area (Å²) in [7, 11) is 0. The van der Waals surface area contributed by atoms with E-state index in [9.17, 15) is 44.3 Å². The molecule has 0 unspecified atom stereocenters. The van der Waals surface area contributed by atoms with Gasteiger partial charge in [-0.3, -0.25) is 4.89 Å². The molecule has 0 saturated heterocycles. The Labute approximate surface area is 305 Å². The SMILES string of the molecule is CCCCCn1cc[n+](CCCCC)c1N=Nc1ccc(N(CCCN)CCCN)cc1.O=C(OO)C(F)(F)F.O=C([O-])C(F)(F)F.O=C([O-])C(F)(F)F. The third-order valence-corrected chi connectivity index (χ3v) is 6.46. The number of unbranched alkanes of at least 4 members (excludes halogenated alkanes) is 4. The topological polar surface area (TPSA) is 216 Å². The van der Waals surface area contributed by atoms with Crippen LogP contribution in [-0.2, 0) is 32.4 Å². The summed E-state index contributed by atoms with van der Waals surface area (Å²) in [6, 6.07) is 8.33. The van der Waals surface area contributed by atoms with E-state index in [-0.39, 0.29) is 0 Å². The monoisotopic (exact) mass is 798 g/mol. The Morgan fingerprint density at radius 2 is 1.24 bits per heavy atom. The molecule has 0 bridgehead atoms. The van der Waals surface area contributed by atoms with E-state index in [4.69, 9.17) is 36.5 Å². The molecule has 0 fully saturated rings. The zero-order chi connectivity index (χ0) is 42.0. The maximum atomic E-state index is 10.8. The standard InChI is InChI=1S/C25H44N7.C2HF3O3.2C2HF3O2/c1-3-5-7-17-31-21-22-32(18-8-6-4-2)25(31)29-28-23-11-13-24(14-12-23)30(19-9-15-26)20-10-16-27;3-2(4,5)1(6)8-7;2*3-2(4,5)1(6)7/h11-14,21-22H,3-10,15-20,26-27H2,1-2H3;7H;2*(H,6,7)/q+1;;;/p-2. The predicted molar refractivity (Wildman–Crippen MR) is 171 cm³/mol. The Balaban J connectivity index is 0. The summed E-state index contributed by atoms with van der Waals surface area (Å²) in [6.07, 6.45) is -2.03. The van der Waals surface area contributed by atoms with E-state index >= 15 is 0 Å². The summed E-state index contributed by atoms with van der Waals surface area (Å²) in [6.45, 7) is 9.72. The number of aliphatic carboxylic acids is 2. The molecular formula is C31H45F9N7O7-. The van der Waals surface area contributed by atoms with Crippen LogP contribution in [0.4, 0.5) is 56.8 Å². The zero-order valence-electron chi connectivity index (χ0n) is 29.6. The van der Waals surface area contributed by atoms with Crippen molar-refractivity contribution >= 4 is 35.2 Å². The third kappa shape index (κ3) is 23.9. The normalized spacial score (nSPS) is 11.4. The van der Waals surface area contributed by atoms with Crippen LogP contribution < -0.4 is 31.1 Å². The summed E-state index contributed by atoms with van der Waals surface area (Å²) < 4.78 is 100. The molecule has 2 aromatic rings. The van der Waals surface area contributed by atoms with Gasteiger partial charge in [-0.1, -0.05) is 44.6 Å². The molecule has 23 heteroatoms. The molecule has 0 aliphatic rings.